The number of hydrogen-bond acceptors (Lipinski definition) is 4. The molecule has 3 rings (SSSR count). The largest absolute Gasteiger partial charge is 0.508 e. The number of aromatic hydroxyl groups is 1. The van der Waals surface area contributed by atoms with Crippen molar-refractivity contribution in [1.29, 1.82) is 0 Å². The Morgan fingerprint density at radius 3 is 2.68 bits per heavy atom. The summed E-state index contributed by atoms with van der Waals surface area (Å²) < 4.78 is 0. The van der Waals surface area contributed by atoms with Crippen LogP contribution in [0.15, 0.2) is 48.5 Å². The van der Waals surface area contributed by atoms with Gasteiger partial charge in [-0.05, 0) is 56.1 Å². The van der Waals surface area contributed by atoms with Crippen molar-refractivity contribution in [2.24, 2.45) is 0 Å². The van der Waals surface area contributed by atoms with Crippen LogP contribution in [0.1, 0.15) is 41.7 Å². The number of likely N-dealkylation sites (tertiary alicyclic amines) is 1. The first-order valence-electron chi connectivity index (χ1n) is 8.47. The van der Waals surface area contributed by atoms with Gasteiger partial charge in [-0.1, -0.05) is 24.3 Å². The average Bonchev–Trinajstić information content (AvgIpc) is 3.03. The van der Waals surface area contributed by atoms with Crippen molar-refractivity contribution in [1.82, 2.24) is 4.90 Å². The zero-order chi connectivity index (χ0) is 17.8. The van der Waals surface area contributed by atoms with Crippen molar-refractivity contribution in [3.63, 3.8) is 0 Å². The normalized spacial score (nSPS) is 17.4. The molecule has 0 radical (unpaired) electrons. The number of phenols is 1. The number of nitrogens with one attached hydrogen (secondary N) is 1. The Morgan fingerprint density at radius 2 is 1.96 bits per heavy atom. The number of carbonyl (C=O) groups is 2. The summed E-state index contributed by atoms with van der Waals surface area (Å²) in [7, 11) is 0. The molecule has 130 valence electrons. The first kappa shape index (κ1) is 17.2. The van der Waals surface area contributed by atoms with E-state index in [1.54, 1.807) is 36.4 Å². The van der Waals surface area contributed by atoms with E-state index in [2.05, 4.69) is 10.2 Å². The van der Waals surface area contributed by atoms with Gasteiger partial charge in [-0.15, -0.1) is 0 Å². The van der Waals surface area contributed by atoms with E-state index < -0.39 is 0 Å². The summed E-state index contributed by atoms with van der Waals surface area (Å²) >= 11 is 0. The molecule has 0 aromatic heterocycles. The minimum atomic E-state index is -0.0913. The third-order valence-electron chi connectivity index (χ3n) is 4.54. The summed E-state index contributed by atoms with van der Waals surface area (Å²) in [5, 5.41) is 12.3. The van der Waals surface area contributed by atoms with Crippen LogP contribution in [0.5, 0.6) is 5.75 Å². The molecule has 1 heterocycles. The fourth-order valence-electron chi connectivity index (χ4n) is 3.29. The lowest BCUT2D eigenvalue weighted by Crippen LogP contribution is -2.32. The first-order chi connectivity index (χ1) is 12.0. The van der Waals surface area contributed by atoms with Crippen molar-refractivity contribution < 1.29 is 14.7 Å². The molecule has 2 aromatic rings. The number of benzene rings is 2. The molecule has 1 atom stereocenters. The molecule has 1 saturated heterocycles. The predicted octanol–water partition coefficient (Wildman–Crippen LogP) is 3.37. The molecule has 1 aliphatic rings. The third kappa shape index (κ3) is 4.25. The lowest BCUT2D eigenvalue weighted by molar-refractivity contribution is -0.117. The number of ketones is 1. The summed E-state index contributed by atoms with van der Waals surface area (Å²) in [6, 6.07) is 14.3. The van der Waals surface area contributed by atoms with E-state index >= 15 is 0 Å². The summed E-state index contributed by atoms with van der Waals surface area (Å²) in [5.74, 6) is 0.130. The average molecular weight is 338 g/mol. The number of carbonyl (C=O) groups excluding carboxylic acids is 2. The van der Waals surface area contributed by atoms with Gasteiger partial charge in [0.2, 0.25) is 5.91 Å². The monoisotopic (exact) mass is 338 g/mol. The molecule has 0 aliphatic carbocycles. The van der Waals surface area contributed by atoms with Gasteiger partial charge >= 0.3 is 0 Å². The molecule has 0 unspecified atom stereocenters. The molecule has 2 aromatic carbocycles. The van der Waals surface area contributed by atoms with Crippen LogP contribution in [-0.4, -0.2) is 34.8 Å². The standard InChI is InChI=1S/C20H22N2O3/c1-14(23)16-4-2-5-17(12-16)21-20(25)13-22-11-3-6-19(22)15-7-9-18(24)10-8-15/h2,4-5,7-10,12,19,24H,3,6,11,13H2,1H3,(H,21,25)/t19-/m1/s1. The van der Waals surface area contributed by atoms with Gasteiger partial charge in [0.15, 0.2) is 5.78 Å². The molecular formula is C20H22N2O3. The SMILES string of the molecule is CC(=O)c1cccc(NC(=O)CN2CCC[C@@H]2c2ccc(O)cc2)c1. The Balaban J connectivity index is 1.64. The van der Waals surface area contributed by atoms with Gasteiger partial charge in [-0.3, -0.25) is 14.5 Å². The van der Waals surface area contributed by atoms with Crippen LogP contribution >= 0.6 is 0 Å². The highest BCUT2D eigenvalue weighted by molar-refractivity contribution is 5.97. The molecule has 1 amide bonds. The Hall–Kier alpha value is -2.66. The van der Waals surface area contributed by atoms with Crippen LogP contribution < -0.4 is 5.32 Å². The van der Waals surface area contributed by atoms with E-state index in [1.807, 2.05) is 12.1 Å². The fraction of sp³-hybridized carbons (Fsp3) is 0.300. The van der Waals surface area contributed by atoms with Gasteiger partial charge in [0.25, 0.3) is 0 Å². The van der Waals surface area contributed by atoms with Crippen LogP contribution in [0.25, 0.3) is 0 Å². The van der Waals surface area contributed by atoms with Crippen LogP contribution in [0.2, 0.25) is 0 Å². The fourth-order valence-corrected chi connectivity index (χ4v) is 3.29. The Bertz CT molecular complexity index is 771. The molecule has 0 spiro atoms. The van der Waals surface area contributed by atoms with Crippen LogP contribution in [0, 0.1) is 0 Å². The van der Waals surface area contributed by atoms with Crippen LogP contribution in [-0.2, 0) is 4.79 Å². The lowest BCUT2D eigenvalue weighted by atomic mass is 10.0. The van der Waals surface area contributed by atoms with Crippen molar-refractivity contribution in [2.45, 2.75) is 25.8 Å². The minimum absolute atomic E-state index is 0.0250. The maximum atomic E-state index is 12.4. The van der Waals surface area contributed by atoms with Gasteiger partial charge in [0.1, 0.15) is 5.75 Å². The van der Waals surface area contributed by atoms with Crippen LogP contribution in [0.3, 0.4) is 0 Å². The number of anilines is 1. The Kier molecular flexibility index (Phi) is 5.14. The summed E-state index contributed by atoms with van der Waals surface area (Å²) in [6.07, 6.45) is 2.04. The smallest absolute Gasteiger partial charge is 0.238 e. The highest BCUT2D eigenvalue weighted by Gasteiger charge is 2.27. The van der Waals surface area contributed by atoms with Gasteiger partial charge < -0.3 is 10.4 Å². The third-order valence-corrected chi connectivity index (χ3v) is 4.54. The second kappa shape index (κ2) is 7.49. The molecule has 25 heavy (non-hydrogen) atoms. The molecule has 5 nitrogen and oxygen atoms in total. The van der Waals surface area contributed by atoms with Crippen molar-refractivity contribution >= 4 is 17.4 Å². The second-order valence-corrected chi connectivity index (χ2v) is 6.41. The van der Waals surface area contributed by atoms with E-state index in [-0.39, 0.29) is 23.5 Å². The number of hydrogen-bond donors (Lipinski definition) is 2. The topological polar surface area (TPSA) is 69.6 Å². The number of nitrogens with zero attached hydrogens (tertiary/aromatic N) is 1. The maximum absolute atomic E-state index is 12.4. The van der Waals surface area contributed by atoms with Gasteiger partial charge in [0.05, 0.1) is 6.54 Å². The summed E-state index contributed by atoms with van der Waals surface area (Å²) in [5.41, 5.74) is 2.33. The van der Waals surface area contributed by atoms with E-state index in [9.17, 15) is 14.7 Å². The highest BCUT2D eigenvalue weighted by atomic mass is 16.3. The first-order valence-corrected chi connectivity index (χ1v) is 8.47. The zero-order valence-electron chi connectivity index (χ0n) is 14.2. The van der Waals surface area contributed by atoms with Gasteiger partial charge in [-0.25, -0.2) is 0 Å². The number of amides is 1. The van der Waals surface area contributed by atoms with Crippen molar-refractivity contribution in [3.05, 3.63) is 59.7 Å². The summed E-state index contributed by atoms with van der Waals surface area (Å²) in [4.78, 5) is 26.0. The molecule has 2 N–H and O–H groups in total. The lowest BCUT2D eigenvalue weighted by Gasteiger charge is -2.24. The molecule has 1 fully saturated rings. The second-order valence-electron chi connectivity index (χ2n) is 6.41. The van der Waals surface area contributed by atoms with Gasteiger partial charge in [-0.2, -0.15) is 0 Å². The molecular weight excluding hydrogens is 316 g/mol. The van der Waals surface area contributed by atoms with Crippen LogP contribution in [0.4, 0.5) is 5.69 Å². The predicted molar refractivity (Wildman–Crippen MR) is 96.7 cm³/mol. The summed E-state index contributed by atoms with van der Waals surface area (Å²) in [6.45, 7) is 2.68. The van der Waals surface area contributed by atoms with E-state index in [4.69, 9.17) is 0 Å². The van der Waals surface area contributed by atoms with E-state index in [0.717, 1.165) is 24.9 Å². The number of Topliss-reactive ketones (excluding diaryl/α,β-unsaturated/α-hetero) is 1. The van der Waals surface area contributed by atoms with E-state index in [1.165, 1.54) is 6.92 Å². The maximum Gasteiger partial charge on any atom is 0.238 e. The molecule has 0 bridgehead atoms. The quantitative estimate of drug-likeness (QED) is 0.820. The Labute approximate surface area is 147 Å². The van der Waals surface area contributed by atoms with E-state index in [0.29, 0.717) is 17.8 Å². The van der Waals surface area contributed by atoms with Crippen molar-refractivity contribution in [3.8, 4) is 5.75 Å². The molecule has 0 saturated carbocycles. The number of rotatable bonds is 5. The Morgan fingerprint density at radius 1 is 1.20 bits per heavy atom. The molecule has 5 heteroatoms. The molecule has 1 aliphatic heterocycles. The minimum Gasteiger partial charge on any atom is -0.508 e. The van der Waals surface area contributed by atoms with Gasteiger partial charge in [0, 0.05) is 17.3 Å². The highest BCUT2D eigenvalue weighted by Crippen LogP contribution is 2.32. The zero-order valence-corrected chi connectivity index (χ0v) is 14.2. The van der Waals surface area contributed by atoms with Crippen molar-refractivity contribution in [2.75, 3.05) is 18.4 Å². The number of phenolic OH excluding ortho intramolecular Hbond substituents is 1.